The molecule has 1 aliphatic heterocycles. The van der Waals surface area contributed by atoms with Crippen molar-refractivity contribution in [1.82, 2.24) is 24.9 Å². The Hall–Kier alpha value is -3.04. The van der Waals surface area contributed by atoms with Gasteiger partial charge in [-0.05, 0) is 24.3 Å². The molecule has 30 heavy (non-hydrogen) atoms. The minimum absolute atomic E-state index is 0.329. The van der Waals surface area contributed by atoms with E-state index in [2.05, 4.69) is 20.3 Å². The van der Waals surface area contributed by atoms with Crippen LogP contribution in [0.5, 0.6) is 11.5 Å². The van der Waals surface area contributed by atoms with Crippen molar-refractivity contribution in [2.75, 3.05) is 6.61 Å². The summed E-state index contributed by atoms with van der Waals surface area (Å²) < 4.78 is 19.1. The maximum atomic E-state index is 6.03. The lowest BCUT2D eigenvalue weighted by atomic mass is 10.2. The van der Waals surface area contributed by atoms with Crippen LogP contribution in [0.2, 0.25) is 5.02 Å². The normalized spacial score (nSPS) is 15.3. The monoisotopic (exact) mass is 441 g/mol. The van der Waals surface area contributed by atoms with Crippen LogP contribution in [-0.2, 0) is 12.8 Å². The third-order valence-corrected chi connectivity index (χ3v) is 5.78. The molecule has 2 aromatic heterocycles. The van der Waals surface area contributed by atoms with E-state index in [-0.39, 0.29) is 6.10 Å². The van der Waals surface area contributed by atoms with Gasteiger partial charge in [0.05, 0.1) is 5.75 Å². The highest BCUT2D eigenvalue weighted by Gasteiger charge is 2.27. The van der Waals surface area contributed by atoms with Crippen molar-refractivity contribution in [1.29, 1.82) is 0 Å². The number of halogens is 1. The number of benzene rings is 2. The van der Waals surface area contributed by atoms with Crippen LogP contribution in [0, 0.1) is 0 Å². The van der Waals surface area contributed by atoms with Gasteiger partial charge in [0, 0.05) is 17.6 Å². The van der Waals surface area contributed by atoms with Crippen molar-refractivity contribution in [3.63, 3.8) is 0 Å². The molecule has 8 nitrogen and oxygen atoms in total. The zero-order valence-electron chi connectivity index (χ0n) is 15.9. The Labute approximate surface area is 181 Å². The lowest BCUT2D eigenvalue weighted by molar-refractivity contribution is 0.0825. The minimum atomic E-state index is -0.329. The number of hydrogen-bond acceptors (Lipinski definition) is 8. The average Bonchev–Trinajstić information content (AvgIpc) is 3.39. The van der Waals surface area contributed by atoms with E-state index in [4.69, 9.17) is 25.6 Å². The Morgan fingerprint density at radius 3 is 2.87 bits per heavy atom. The number of aromatic nitrogens is 5. The van der Waals surface area contributed by atoms with Crippen molar-refractivity contribution in [3.05, 3.63) is 65.3 Å². The molecule has 152 valence electrons. The molecule has 5 rings (SSSR count). The number of rotatable bonds is 5. The van der Waals surface area contributed by atoms with Gasteiger partial charge in [-0.15, -0.1) is 10.2 Å². The van der Waals surface area contributed by atoms with Gasteiger partial charge in [-0.2, -0.15) is 4.98 Å². The molecular weight excluding hydrogens is 426 g/mol. The van der Waals surface area contributed by atoms with E-state index in [1.54, 1.807) is 12.1 Å². The summed E-state index contributed by atoms with van der Waals surface area (Å²) >= 11 is 7.48. The molecule has 0 bridgehead atoms. The highest BCUT2D eigenvalue weighted by molar-refractivity contribution is 7.98. The van der Waals surface area contributed by atoms with Crippen LogP contribution < -0.4 is 9.47 Å². The van der Waals surface area contributed by atoms with Gasteiger partial charge < -0.3 is 18.6 Å². The van der Waals surface area contributed by atoms with Gasteiger partial charge in [0.15, 0.2) is 28.6 Å². The van der Waals surface area contributed by atoms with Crippen LogP contribution in [0.15, 0.2) is 58.2 Å². The second-order valence-electron chi connectivity index (χ2n) is 6.57. The number of thioether (sulfide) groups is 1. The van der Waals surface area contributed by atoms with E-state index >= 15 is 0 Å². The third-order valence-electron chi connectivity index (χ3n) is 4.54. The maximum Gasteiger partial charge on any atom is 0.237 e. The van der Waals surface area contributed by atoms with Gasteiger partial charge in [-0.1, -0.05) is 52.8 Å². The van der Waals surface area contributed by atoms with Crippen LogP contribution >= 0.6 is 23.4 Å². The predicted molar refractivity (Wildman–Crippen MR) is 111 cm³/mol. The Balaban J connectivity index is 1.27. The van der Waals surface area contributed by atoms with E-state index in [0.717, 1.165) is 16.5 Å². The second-order valence-corrected chi connectivity index (χ2v) is 7.95. The van der Waals surface area contributed by atoms with Gasteiger partial charge in [0.1, 0.15) is 6.61 Å². The number of fused-ring (bicyclic) bond motifs is 1. The van der Waals surface area contributed by atoms with Crippen LogP contribution in [0.3, 0.4) is 0 Å². The number of hydrogen-bond donors (Lipinski definition) is 0. The molecule has 10 heteroatoms. The molecule has 0 unspecified atom stereocenters. The molecular formula is C20H16ClN5O3S. The van der Waals surface area contributed by atoms with Crippen molar-refractivity contribution >= 4 is 23.4 Å². The molecule has 1 atom stereocenters. The summed E-state index contributed by atoms with van der Waals surface area (Å²) in [5.41, 5.74) is 0.804. The fraction of sp³-hybridized carbons (Fsp3) is 0.200. The number of para-hydroxylation sites is 2. The molecule has 4 aromatic rings. The van der Waals surface area contributed by atoms with Crippen LogP contribution in [0.1, 0.15) is 17.8 Å². The Kier molecular flexibility index (Phi) is 5.06. The van der Waals surface area contributed by atoms with Crippen LogP contribution in [0.25, 0.3) is 11.4 Å². The van der Waals surface area contributed by atoms with Crippen LogP contribution in [-0.4, -0.2) is 31.5 Å². The van der Waals surface area contributed by atoms with E-state index < -0.39 is 0 Å². The van der Waals surface area contributed by atoms with Gasteiger partial charge in [0.25, 0.3) is 0 Å². The number of nitrogens with zero attached hydrogens (tertiary/aromatic N) is 5. The van der Waals surface area contributed by atoms with Gasteiger partial charge >= 0.3 is 0 Å². The zero-order chi connectivity index (χ0) is 20.5. The summed E-state index contributed by atoms with van der Waals surface area (Å²) in [5.74, 6) is 3.58. The predicted octanol–water partition coefficient (Wildman–Crippen LogP) is 4.32. The van der Waals surface area contributed by atoms with E-state index in [1.807, 2.05) is 48.0 Å². The van der Waals surface area contributed by atoms with Crippen molar-refractivity contribution in [2.45, 2.75) is 17.0 Å². The largest absolute Gasteiger partial charge is 0.485 e. The first-order chi connectivity index (χ1) is 14.7. The zero-order valence-corrected chi connectivity index (χ0v) is 17.4. The first-order valence-electron chi connectivity index (χ1n) is 9.16. The standard InChI is InChI=1S/C20H16ClN5O3S/c1-26-19(16-10-27-14-7-2-3-8-15(14)28-16)23-24-20(26)30-11-17-22-18(25-29-17)12-5-4-6-13(21)9-12/h2-9,16H,10-11H2,1H3/t16-/m0/s1. The first-order valence-corrected chi connectivity index (χ1v) is 10.5. The second kappa shape index (κ2) is 8.00. The summed E-state index contributed by atoms with van der Waals surface area (Å²) in [5, 5.41) is 13.9. The van der Waals surface area contributed by atoms with E-state index in [1.165, 1.54) is 11.8 Å². The van der Waals surface area contributed by atoms with Crippen molar-refractivity contribution in [3.8, 4) is 22.9 Å². The third kappa shape index (κ3) is 3.73. The van der Waals surface area contributed by atoms with E-state index in [9.17, 15) is 0 Å². The summed E-state index contributed by atoms with van der Waals surface area (Å²) in [6.07, 6.45) is -0.329. The fourth-order valence-electron chi connectivity index (χ4n) is 3.06. The molecule has 0 amide bonds. The summed E-state index contributed by atoms with van der Waals surface area (Å²) in [6, 6.07) is 14.9. The quantitative estimate of drug-likeness (QED) is 0.423. The fourth-order valence-corrected chi connectivity index (χ4v) is 4.01. The highest BCUT2D eigenvalue weighted by atomic mass is 35.5. The molecule has 3 heterocycles. The van der Waals surface area contributed by atoms with Crippen molar-refractivity contribution in [2.24, 2.45) is 7.05 Å². The smallest absolute Gasteiger partial charge is 0.237 e. The molecule has 0 aliphatic carbocycles. The average molecular weight is 442 g/mol. The SMILES string of the molecule is Cn1c(SCc2nc(-c3cccc(Cl)c3)no2)nnc1[C@@H]1COc2ccccc2O1. The molecule has 0 radical (unpaired) electrons. The lowest BCUT2D eigenvalue weighted by Gasteiger charge is -2.25. The Morgan fingerprint density at radius 1 is 1.13 bits per heavy atom. The lowest BCUT2D eigenvalue weighted by Crippen LogP contribution is -2.24. The van der Waals surface area contributed by atoms with Gasteiger partial charge in [-0.3, -0.25) is 0 Å². The molecule has 0 fully saturated rings. The molecule has 0 saturated heterocycles. The minimum Gasteiger partial charge on any atom is -0.485 e. The molecule has 1 aliphatic rings. The summed E-state index contributed by atoms with van der Waals surface area (Å²) in [6.45, 7) is 0.375. The molecule has 0 saturated carbocycles. The molecule has 0 spiro atoms. The summed E-state index contributed by atoms with van der Waals surface area (Å²) in [7, 11) is 1.90. The number of ether oxygens (including phenoxy) is 2. The van der Waals surface area contributed by atoms with Crippen LogP contribution in [0.4, 0.5) is 0 Å². The highest BCUT2D eigenvalue weighted by Crippen LogP contribution is 2.36. The summed E-state index contributed by atoms with van der Waals surface area (Å²) in [4.78, 5) is 4.43. The maximum absolute atomic E-state index is 6.03. The first kappa shape index (κ1) is 19.0. The topological polar surface area (TPSA) is 88.1 Å². The van der Waals surface area contributed by atoms with Crippen molar-refractivity contribution < 1.29 is 14.0 Å². The molecule has 2 aromatic carbocycles. The Morgan fingerprint density at radius 2 is 2.00 bits per heavy atom. The van der Waals surface area contributed by atoms with Gasteiger partial charge in [-0.25, -0.2) is 0 Å². The Bertz CT molecular complexity index is 1190. The molecule has 0 N–H and O–H groups in total. The van der Waals surface area contributed by atoms with E-state index in [0.29, 0.717) is 40.7 Å². The van der Waals surface area contributed by atoms with Gasteiger partial charge in [0.2, 0.25) is 11.7 Å².